The van der Waals surface area contributed by atoms with Crippen molar-refractivity contribution >= 4 is 11.7 Å². The highest BCUT2D eigenvalue weighted by molar-refractivity contribution is 5.95. The van der Waals surface area contributed by atoms with Crippen LogP contribution in [0.1, 0.15) is 23.2 Å². The zero-order valence-electron chi connectivity index (χ0n) is 7.56. The number of primary amides is 1. The van der Waals surface area contributed by atoms with E-state index in [1.165, 1.54) is 12.3 Å². The van der Waals surface area contributed by atoms with Gasteiger partial charge >= 0.3 is 0 Å². The number of hydrogen-bond donors (Lipinski definition) is 2. The van der Waals surface area contributed by atoms with Crippen molar-refractivity contribution in [3.8, 4) is 5.75 Å². The fraction of sp³-hybridized carbons (Fsp3) is 0.333. The van der Waals surface area contributed by atoms with Crippen molar-refractivity contribution in [3.63, 3.8) is 0 Å². The molecule has 1 aliphatic rings. The van der Waals surface area contributed by atoms with Crippen LogP contribution in [0, 0.1) is 0 Å². The topological polar surface area (TPSA) is 91.2 Å². The standard InChI is InChI=1S/C9H11N3O2/c10-8-3-7(14-5-1-2-5)6(4-12-8)9(11)13/h3-5H,1-2H2,(H2,10,12)(H2,11,13). The predicted molar refractivity (Wildman–Crippen MR) is 50.8 cm³/mol. The van der Waals surface area contributed by atoms with Crippen LogP contribution < -0.4 is 16.2 Å². The van der Waals surface area contributed by atoms with Crippen molar-refractivity contribution in [2.75, 3.05) is 5.73 Å². The molecule has 1 heterocycles. The highest BCUT2D eigenvalue weighted by Gasteiger charge is 2.25. The summed E-state index contributed by atoms with van der Waals surface area (Å²) in [6, 6.07) is 1.53. The van der Waals surface area contributed by atoms with Crippen LogP contribution in [0.3, 0.4) is 0 Å². The summed E-state index contributed by atoms with van der Waals surface area (Å²) in [6.45, 7) is 0. The summed E-state index contributed by atoms with van der Waals surface area (Å²) in [7, 11) is 0. The van der Waals surface area contributed by atoms with Crippen molar-refractivity contribution in [2.45, 2.75) is 18.9 Å². The van der Waals surface area contributed by atoms with Gasteiger partial charge in [-0.15, -0.1) is 0 Å². The number of pyridine rings is 1. The predicted octanol–water partition coefficient (Wildman–Crippen LogP) is 0.304. The van der Waals surface area contributed by atoms with Gasteiger partial charge in [0.2, 0.25) is 0 Å². The molecule has 1 saturated carbocycles. The molecule has 0 atom stereocenters. The molecule has 74 valence electrons. The second-order valence-electron chi connectivity index (χ2n) is 3.29. The van der Waals surface area contributed by atoms with Gasteiger partial charge in [0.25, 0.3) is 5.91 Å². The van der Waals surface area contributed by atoms with Crippen LogP contribution in [-0.2, 0) is 0 Å². The molecular weight excluding hydrogens is 182 g/mol. The first-order valence-corrected chi connectivity index (χ1v) is 4.39. The van der Waals surface area contributed by atoms with E-state index in [2.05, 4.69) is 4.98 Å². The van der Waals surface area contributed by atoms with Crippen LogP contribution in [0.15, 0.2) is 12.3 Å². The number of aromatic nitrogens is 1. The van der Waals surface area contributed by atoms with Crippen molar-refractivity contribution in [2.24, 2.45) is 5.73 Å². The Morgan fingerprint density at radius 2 is 2.29 bits per heavy atom. The van der Waals surface area contributed by atoms with Gasteiger partial charge in [-0.3, -0.25) is 4.79 Å². The third kappa shape index (κ3) is 1.76. The summed E-state index contributed by atoms with van der Waals surface area (Å²) in [5.74, 6) is 0.214. The SMILES string of the molecule is NC(=O)c1cnc(N)cc1OC1CC1. The van der Waals surface area contributed by atoms with Crippen LogP contribution in [0.25, 0.3) is 0 Å². The second kappa shape index (κ2) is 3.17. The minimum Gasteiger partial charge on any atom is -0.489 e. The van der Waals surface area contributed by atoms with Crippen LogP contribution in [0.4, 0.5) is 5.82 Å². The van der Waals surface area contributed by atoms with E-state index in [1.54, 1.807) is 0 Å². The molecule has 5 heteroatoms. The molecule has 0 bridgehead atoms. The number of amides is 1. The summed E-state index contributed by atoms with van der Waals surface area (Å²) in [5.41, 5.74) is 10.9. The zero-order chi connectivity index (χ0) is 10.1. The number of nitrogens with zero attached hydrogens (tertiary/aromatic N) is 1. The van der Waals surface area contributed by atoms with Crippen LogP contribution in [-0.4, -0.2) is 17.0 Å². The van der Waals surface area contributed by atoms with E-state index in [1.807, 2.05) is 0 Å². The van der Waals surface area contributed by atoms with Gasteiger partial charge in [0.1, 0.15) is 11.6 Å². The molecular formula is C9H11N3O2. The molecule has 1 fully saturated rings. The number of ether oxygens (including phenoxy) is 1. The Kier molecular flexibility index (Phi) is 1.99. The first-order valence-electron chi connectivity index (χ1n) is 4.39. The van der Waals surface area contributed by atoms with Crippen LogP contribution >= 0.6 is 0 Å². The van der Waals surface area contributed by atoms with Gasteiger partial charge in [-0.25, -0.2) is 4.98 Å². The van der Waals surface area contributed by atoms with Gasteiger partial charge in [-0.05, 0) is 12.8 Å². The Balaban J connectivity index is 2.31. The van der Waals surface area contributed by atoms with E-state index in [-0.39, 0.29) is 11.7 Å². The van der Waals surface area contributed by atoms with E-state index >= 15 is 0 Å². The second-order valence-corrected chi connectivity index (χ2v) is 3.29. The maximum absolute atomic E-state index is 11.0. The number of carbonyl (C=O) groups excluding carboxylic acids is 1. The molecule has 1 aromatic rings. The van der Waals surface area contributed by atoms with Gasteiger partial charge in [0.05, 0.1) is 11.7 Å². The minimum atomic E-state index is -0.548. The molecule has 1 amide bonds. The minimum absolute atomic E-state index is 0.204. The molecule has 1 aliphatic carbocycles. The first kappa shape index (κ1) is 8.80. The largest absolute Gasteiger partial charge is 0.489 e. The van der Waals surface area contributed by atoms with E-state index in [9.17, 15) is 4.79 Å². The lowest BCUT2D eigenvalue weighted by molar-refractivity contribution is 0.0995. The molecule has 0 aromatic carbocycles. The lowest BCUT2D eigenvalue weighted by atomic mass is 10.2. The van der Waals surface area contributed by atoms with Crippen molar-refractivity contribution in [1.82, 2.24) is 4.98 Å². The molecule has 0 saturated heterocycles. The van der Waals surface area contributed by atoms with Crippen molar-refractivity contribution in [1.29, 1.82) is 0 Å². The summed E-state index contributed by atoms with van der Waals surface area (Å²) in [5, 5.41) is 0. The number of hydrogen-bond acceptors (Lipinski definition) is 4. The molecule has 2 rings (SSSR count). The fourth-order valence-corrected chi connectivity index (χ4v) is 1.10. The first-order chi connectivity index (χ1) is 6.66. The van der Waals surface area contributed by atoms with E-state index in [0.717, 1.165) is 12.8 Å². The summed E-state index contributed by atoms with van der Waals surface area (Å²) in [4.78, 5) is 14.8. The van der Waals surface area contributed by atoms with Crippen LogP contribution in [0.2, 0.25) is 0 Å². The van der Waals surface area contributed by atoms with Crippen molar-refractivity contribution < 1.29 is 9.53 Å². The molecule has 1 aromatic heterocycles. The number of carbonyl (C=O) groups is 1. The molecule has 14 heavy (non-hydrogen) atoms. The van der Waals surface area contributed by atoms with Gasteiger partial charge in [0.15, 0.2) is 0 Å². The van der Waals surface area contributed by atoms with Crippen molar-refractivity contribution in [3.05, 3.63) is 17.8 Å². The third-order valence-electron chi connectivity index (χ3n) is 1.97. The maximum Gasteiger partial charge on any atom is 0.254 e. The van der Waals surface area contributed by atoms with Crippen LogP contribution in [0.5, 0.6) is 5.75 Å². The lowest BCUT2D eigenvalue weighted by Crippen LogP contribution is -2.14. The average Bonchev–Trinajstić information content (AvgIpc) is 2.87. The highest BCUT2D eigenvalue weighted by atomic mass is 16.5. The molecule has 4 N–H and O–H groups in total. The maximum atomic E-state index is 11.0. The Bertz CT molecular complexity index is 374. The zero-order valence-corrected chi connectivity index (χ0v) is 7.56. The Hall–Kier alpha value is -1.78. The Labute approximate surface area is 81.1 Å². The molecule has 0 radical (unpaired) electrons. The average molecular weight is 193 g/mol. The Morgan fingerprint density at radius 3 is 2.86 bits per heavy atom. The summed E-state index contributed by atoms with van der Waals surface area (Å²) >= 11 is 0. The molecule has 5 nitrogen and oxygen atoms in total. The summed E-state index contributed by atoms with van der Waals surface area (Å²) in [6.07, 6.45) is 3.57. The van der Waals surface area contributed by atoms with E-state index in [0.29, 0.717) is 11.6 Å². The fourth-order valence-electron chi connectivity index (χ4n) is 1.10. The molecule has 0 aliphatic heterocycles. The van der Waals surface area contributed by atoms with E-state index in [4.69, 9.17) is 16.2 Å². The number of rotatable bonds is 3. The van der Waals surface area contributed by atoms with Gasteiger partial charge in [-0.1, -0.05) is 0 Å². The highest BCUT2D eigenvalue weighted by Crippen LogP contribution is 2.29. The quantitative estimate of drug-likeness (QED) is 0.722. The number of nitrogens with two attached hydrogens (primary N) is 2. The lowest BCUT2D eigenvalue weighted by Gasteiger charge is -2.08. The third-order valence-corrected chi connectivity index (χ3v) is 1.97. The number of anilines is 1. The van der Waals surface area contributed by atoms with Gasteiger partial charge in [0, 0.05) is 12.3 Å². The smallest absolute Gasteiger partial charge is 0.254 e. The number of nitrogen functional groups attached to an aromatic ring is 1. The molecule has 0 unspecified atom stereocenters. The van der Waals surface area contributed by atoms with Gasteiger partial charge < -0.3 is 16.2 Å². The monoisotopic (exact) mass is 193 g/mol. The normalized spacial score (nSPS) is 15.1. The van der Waals surface area contributed by atoms with E-state index < -0.39 is 5.91 Å². The van der Waals surface area contributed by atoms with Gasteiger partial charge in [-0.2, -0.15) is 0 Å². The summed E-state index contributed by atoms with van der Waals surface area (Å²) < 4.78 is 5.48. The Morgan fingerprint density at radius 1 is 1.57 bits per heavy atom. The molecule has 0 spiro atoms.